The summed E-state index contributed by atoms with van der Waals surface area (Å²) in [6.45, 7) is 4.97. The third kappa shape index (κ3) is 4.33. The number of rotatable bonds is 6. The Morgan fingerprint density at radius 1 is 1.47 bits per heavy atom. The van der Waals surface area contributed by atoms with E-state index in [9.17, 15) is 4.39 Å². The van der Waals surface area contributed by atoms with Crippen molar-refractivity contribution in [3.8, 4) is 5.75 Å². The molecule has 0 spiro atoms. The van der Waals surface area contributed by atoms with Gasteiger partial charge in [-0.2, -0.15) is 0 Å². The fourth-order valence-electron chi connectivity index (χ4n) is 1.74. The van der Waals surface area contributed by atoms with E-state index in [2.05, 4.69) is 35.1 Å². The van der Waals surface area contributed by atoms with Crippen LogP contribution in [0.25, 0.3) is 0 Å². The molecule has 0 radical (unpaired) electrons. The van der Waals surface area contributed by atoms with Gasteiger partial charge >= 0.3 is 0 Å². The lowest BCUT2D eigenvalue weighted by Gasteiger charge is -2.24. The second kappa shape index (κ2) is 6.42. The van der Waals surface area contributed by atoms with Gasteiger partial charge in [0.2, 0.25) is 0 Å². The molecule has 0 heterocycles. The van der Waals surface area contributed by atoms with Crippen molar-refractivity contribution >= 4 is 27.5 Å². The number of ether oxygens (including phenoxy) is 1. The fourth-order valence-corrected chi connectivity index (χ4v) is 2.47. The summed E-state index contributed by atoms with van der Waals surface area (Å²) in [6.07, 6.45) is 2.49. The Morgan fingerprint density at radius 2 is 2.16 bits per heavy atom. The van der Waals surface area contributed by atoms with Crippen molar-refractivity contribution in [3.63, 3.8) is 0 Å². The van der Waals surface area contributed by atoms with E-state index in [0.29, 0.717) is 22.2 Å². The third-order valence-corrected chi connectivity index (χ3v) is 4.09. The molecule has 19 heavy (non-hydrogen) atoms. The zero-order chi connectivity index (χ0) is 14.0. The first-order valence-electron chi connectivity index (χ1n) is 6.52. The SMILES string of the molecule is CC(C)C(CNC1CC1)Oc1cc(F)c(Cl)cc1Br. The fraction of sp³-hybridized carbons (Fsp3) is 0.571. The molecule has 0 bridgehead atoms. The number of hydrogen-bond acceptors (Lipinski definition) is 2. The van der Waals surface area contributed by atoms with Crippen LogP contribution in [0.3, 0.4) is 0 Å². The number of hydrogen-bond donors (Lipinski definition) is 1. The van der Waals surface area contributed by atoms with Crippen molar-refractivity contribution in [2.45, 2.75) is 38.8 Å². The first-order chi connectivity index (χ1) is 8.97. The maximum absolute atomic E-state index is 13.5. The van der Waals surface area contributed by atoms with E-state index in [-0.39, 0.29) is 11.1 Å². The van der Waals surface area contributed by atoms with Gasteiger partial charge in [0.05, 0.1) is 9.50 Å². The van der Waals surface area contributed by atoms with Gasteiger partial charge in [0.25, 0.3) is 0 Å². The van der Waals surface area contributed by atoms with Gasteiger partial charge in [-0.15, -0.1) is 0 Å². The van der Waals surface area contributed by atoms with Crippen molar-refractivity contribution in [1.29, 1.82) is 0 Å². The Kier molecular flexibility index (Phi) is 5.09. The maximum Gasteiger partial charge on any atom is 0.145 e. The van der Waals surface area contributed by atoms with Crippen molar-refractivity contribution in [3.05, 3.63) is 27.4 Å². The summed E-state index contributed by atoms with van der Waals surface area (Å²) in [5.41, 5.74) is 0. The molecule has 1 aliphatic carbocycles. The molecule has 1 aromatic rings. The largest absolute Gasteiger partial charge is 0.488 e. The van der Waals surface area contributed by atoms with E-state index in [1.54, 1.807) is 0 Å². The normalized spacial score (nSPS) is 16.7. The van der Waals surface area contributed by atoms with Crippen LogP contribution < -0.4 is 10.1 Å². The van der Waals surface area contributed by atoms with E-state index in [1.165, 1.54) is 25.0 Å². The predicted octanol–water partition coefficient (Wildman–Crippen LogP) is 4.40. The van der Waals surface area contributed by atoms with Gasteiger partial charge in [0, 0.05) is 18.7 Å². The average Bonchev–Trinajstić information content (AvgIpc) is 3.14. The molecule has 0 amide bonds. The van der Waals surface area contributed by atoms with Crippen LogP contribution >= 0.6 is 27.5 Å². The Bertz CT molecular complexity index is 451. The minimum absolute atomic E-state index is 0.0116. The van der Waals surface area contributed by atoms with E-state index in [1.807, 2.05) is 0 Å². The molecule has 1 aliphatic rings. The highest BCUT2D eigenvalue weighted by Crippen LogP contribution is 2.32. The molecule has 1 atom stereocenters. The molecule has 106 valence electrons. The second-order valence-corrected chi connectivity index (χ2v) is 6.54. The summed E-state index contributed by atoms with van der Waals surface area (Å²) in [5, 5.41) is 3.54. The molecule has 1 aromatic carbocycles. The van der Waals surface area contributed by atoms with Gasteiger partial charge in [0.15, 0.2) is 0 Å². The first kappa shape index (κ1) is 15.1. The maximum atomic E-state index is 13.5. The minimum atomic E-state index is -0.461. The summed E-state index contributed by atoms with van der Waals surface area (Å²) >= 11 is 9.08. The second-order valence-electron chi connectivity index (χ2n) is 5.28. The topological polar surface area (TPSA) is 21.3 Å². The Morgan fingerprint density at radius 3 is 2.74 bits per heavy atom. The van der Waals surface area contributed by atoms with Crippen LogP contribution in [0.2, 0.25) is 5.02 Å². The van der Waals surface area contributed by atoms with Gasteiger partial charge in [-0.05, 0) is 40.8 Å². The molecule has 0 aromatic heterocycles. The molecule has 2 nitrogen and oxygen atoms in total. The highest BCUT2D eigenvalue weighted by atomic mass is 79.9. The van der Waals surface area contributed by atoms with E-state index in [4.69, 9.17) is 16.3 Å². The Hall–Kier alpha value is -0.320. The quantitative estimate of drug-likeness (QED) is 0.768. The van der Waals surface area contributed by atoms with E-state index >= 15 is 0 Å². The lowest BCUT2D eigenvalue weighted by atomic mass is 10.1. The van der Waals surface area contributed by atoms with Gasteiger partial charge < -0.3 is 10.1 Å². The van der Waals surface area contributed by atoms with Crippen LogP contribution in [-0.2, 0) is 0 Å². The van der Waals surface area contributed by atoms with Crippen molar-refractivity contribution in [2.75, 3.05) is 6.54 Å². The van der Waals surface area contributed by atoms with Gasteiger partial charge in [-0.3, -0.25) is 0 Å². The average molecular weight is 351 g/mol. The number of benzene rings is 1. The third-order valence-electron chi connectivity index (χ3n) is 3.18. The molecule has 0 saturated heterocycles. The summed E-state index contributed by atoms with van der Waals surface area (Å²) in [6, 6.07) is 3.49. The highest BCUT2D eigenvalue weighted by Gasteiger charge is 2.24. The predicted molar refractivity (Wildman–Crippen MR) is 79.4 cm³/mol. The van der Waals surface area contributed by atoms with Crippen molar-refractivity contribution in [1.82, 2.24) is 5.32 Å². The van der Waals surface area contributed by atoms with Crippen molar-refractivity contribution < 1.29 is 9.13 Å². The lowest BCUT2D eigenvalue weighted by Crippen LogP contribution is -2.36. The van der Waals surface area contributed by atoms with Gasteiger partial charge in [0.1, 0.15) is 17.7 Å². The summed E-state index contributed by atoms with van der Waals surface area (Å²) in [4.78, 5) is 0. The molecule has 1 unspecified atom stereocenters. The van der Waals surface area contributed by atoms with Gasteiger partial charge in [-0.25, -0.2) is 4.39 Å². The van der Waals surface area contributed by atoms with Crippen LogP contribution in [0.15, 0.2) is 16.6 Å². The molecule has 1 saturated carbocycles. The first-order valence-corrected chi connectivity index (χ1v) is 7.69. The number of nitrogens with one attached hydrogen (secondary N) is 1. The van der Waals surface area contributed by atoms with Gasteiger partial charge in [-0.1, -0.05) is 25.4 Å². The standard InChI is InChI=1S/C14H18BrClFNO/c1-8(2)14(7-18-9-3-4-9)19-13-6-12(17)11(16)5-10(13)15/h5-6,8-9,14,18H,3-4,7H2,1-2H3. The molecular formula is C14H18BrClFNO. The van der Waals surface area contributed by atoms with Crippen LogP contribution in [0, 0.1) is 11.7 Å². The summed E-state index contributed by atoms with van der Waals surface area (Å²) < 4.78 is 20.1. The molecule has 1 fully saturated rings. The lowest BCUT2D eigenvalue weighted by molar-refractivity contribution is 0.147. The molecule has 1 N–H and O–H groups in total. The Balaban J connectivity index is 2.04. The van der Waals surface area contributed by atoms with E-state index < -0.39 is 5.82 Å². The molecule has 5 heteroatoms. The zero-order valence-electron chi connectivity index (χ0n) is 11.1. The summed E-state index contributed by atoms with van der Waals surface area (Å²) in [7, 11) is 0. The van der Waals surface area contributed by atoms with Crippen molar-refractivity contribution in [2.24, 2.45) is 5.92 Å². The van der Waals surface area contributed by atoms with E-state index in [0.717, 1.165) is 6.54 Å². The van der Waals surface area contributed by atoms with Crippen LogP contribution in [0.5, 0.6) is 5.75 Å². The van der Waals surface area contributed by atoms with Crippen LogP contribution in [0.1, 0.15) is 26.7 Å². The van der Waals surface area contributed by atoms with Crippen LogP contribution in [-0.4, -0.2) is 18.7 Å². The molecule has 2 rings (SSSR count). The zero-order valence-corrected chi connectivity index (χ0v) is 13.4. The summed E-state index contributed by atoms with van der Waals surface area (Å²) in [5.74, 6) is 0.382. The monoisotopic (exact) mass is 349 g/mol. The smallest absolute Gasteiger partial charge is 0.145 e. The Labute approximate surface area is 126 Å². The highest BCUT2D eigenvalue weighted by molar-refractivity contribution is 9.10. The molecular weight excluding hydrogens is 333 g/mol. The molecule has 0 aliphatic heterocycles. The number of halogens is 3. The minimum Gasteiger partial charge on any atom is -0.488 e. The van der Waals surface area contributed by atoms with Crippen LogP contribution in [0.4, 0.5) is 4.39 Å².